The number of nitrogens with zero attached hydrogens (tertiary/aromatic N) is 2. The smallest absolute Gasteiger partial charge is 0.291 e. The Bertz CT molecular complexity index is 1370. The minimum absolute atomic E-state index is 0.0542. The highest BCUT2D eigenvalue weighted by atomic mass is 16.3. The number of piperazine rings is 1. The number of fused-ring (bicyclic) bond motifs is 1. The number of nitrogens with one attached hydrogen (secondary N) is 1. The molecule has 182 valence electrons. The lowest BCUT2D eigenvalue weighted by Crippen LogP contribution is -2.49. The van der Waals surface area contributed by atoms with Crippen molar-refractivity contribution in [2.75, 3.05) is 36.4 Å². The van der Waals surface area contributed by atoms with Crippen molar-refractivity contribution in [2.45, 2.75) is 13.3 Å². The highest BCUT2D eigenvalue weighted by Gasteiger charge is 2.21. The van der Waals surface area contributed by atoms with Crippen LogP contribution in [0.1, 0.15) is 33.4 Å². The normalized spacial score (nSPS) is 13.6. The third-order valence-electron chi connectivity index (χ3n) is 6.49. The summed E-state index contributed by atoms with van der Waals surface area (Å²) in [5.41, 5.74) is 3.97. The molecule has 7 nitrogen and oxygen atoms in total. The minimum Gasteiger partial charge on any atom is -0.451 e. The van der Waals surface area contributed by atoms with Crippen molar-refractivity contribution >= 4 is 39.9 Å². The Hall–Kier alpha value is -4.39. The van der Waals surface area contributed by atoms with Crippen LogP contribution in [0.2, 0.25) is 0 Å². The number of ketones is 1. The van der Waals surface area contributed by atoms with Gasteiger partial charge in [0.25, 0.3) is 5.91 Å². The van der Waals surface area contributed by atoms with E-state index in [4.69, 9.17) is 4.42 Å². The zero-order valence-corrected chi connectivity index (χ0v) is 20.1. The van der Waals surface area contributed by atoms with Crippen LogP contribution in [0.25, 0.3) is 11.0 Å². The predicted molar refractivity (Wildman–Crippen MR) is 140 cm³/mol. The highest BCUT2D eigenvalue weighted by molar-refractivity contribution is 6.04. The van der Waals surface area contributed by atoms with Gasteiger partial charge < -0.3 is 19.5 Å². The van der Waals surface area contributed by atoms with Crippen LogP contribution < -0.4 is 10.2 Å². The minimum atomic E-state index is -0.316. The molecule has 0 saturated carbocycles. The van der Waals surface area contributed by atoms with Crippen molar-refractivity contribution in [1.29, 1.82) is 0 Å². The maximum atomic E-state index is 12.9. The van der Waals surface area contributed by atoms with Gasteiger partial charge in [0.2, 0.25) is 5.91 Å². The Morgan fingerprint density at radius 2 is 1.56 bits per heavy atom. The third-order valence-corrected chi connectivity index (χ3v) is 6.49. The summed E-state index contributed by atoms with van der Waals surface area (Å²) in [6, 6.07) is 24.1. The lowest BCUT2D eigenvalue weighted by Gasteiger charge is -2.36. The summed E-state index contributed by atoms with van der Waals surface area (Å²) in [6.45, 7) is 4.36. The Kier molecular flexibility index (Phi) is 6.54. The second-order valence-electron chi connectivity index (χ2n) is 8.95. The molecule has 4 aromatic rings. The van der Waals surface area contributed by atoms with Gasteiger partial charge in [-0.2, -0.15) is 0 Å². The van der Waals surface area contributed by atoms with Gasteiger partial charge in [0, 0.05) is 48.5 Å². The van der Waals surface area contributed by atoms with Crippen molar-refractivity contribution in [3.8, 4) is 0 Å². The molecule has 1 saturated heterocycles. The van der Waals surface area contributed by atoms with Gasteiger partial charge in [0.05, 0.1) is 6.42 Å². The molecule has 0 bridgehead atoms. The molecule has 36 heavy (non-hydrogen) atoms. The maximum absolute atomic E-state index is 12.9. The molecule has 3 aromatic carbocycles. The number of hydrogen-bond acceptors (Lipinski definition) is 5. The second-order valence-corrected chi connectivity index (χ2v) is 8.95. The van der Waals surface area contributed by atoms with Crippen LogP contribution in [0.5, 0.6) is 0 Å². The van der Waals surface area contributed by atoms with E-state index in [9.17, 15) is 14.4 Å². The molecule has 5 rings (SSSR count). The first-order valence-corrected chi connectivity index (χ1v) is 12.0. The molecular formula is C29H27N3O4. The number of carbonyl (C=O) groups excluding carboxylic acids is 3. The maximum Gasteiger partial charge on any atom is 0.291 e. The lowest BCUT2D eigenvalue weighted by molar-refractivity contribution is -0.130. The number of furan rings is 1. The summed E-state index contributed by atoms with van der Waals surface area (Å²) in [5.74, 6) is 0.0763. The topological polar surface area (TPSA) is 82.9 Å². The molecule has 0 atom stereocenters. The highest BCUT2D eigenvalue weighted by Crippen LogP contribution is 2.21. The summed E-state index contributed by atoms with van der Waals surface area (Å²) in [5, 5.41) is 3.72. The molecular weight excluding hydrogens is 454 g/mol. The lowest BCUT2D eigenvalue weighted by atomic mass is 10.1. The van der Waals surface area contributed by atoms with Gasteiger partial charge in [-0.25, -0.2) is 0 Å². The van der Waals surface area contributed by atoms with Crippen LogP contribution in [0, 0.1) is 0 Å². The van der Waals surface area contributed by atoms with E-state index in [0.717, 1.165) is 29.7 Å². The second kappa shape index (κ2) is 10.1. The Morgan fingerprint density at radius 3 is 2.22 bits per heavy atom. The molecule has 1 N–H and O–H groups in total. The quantitative estimate of drug-likeness (QED) is 0.401. The van der Waals surface area contributed by atoms with Gasteiger partial charge in [-0.05, 0) is 61.0 Å². The van der Waals surface area contributed by atoms with Crippen LogP contribution in [0.15, 0.2) is 83.3 Å². The fourth-order valence-electron chi connectivity index (χ4n) is 4.40. The number of rotatable bonds is 6. The van der Waals surface area contributed by atoms with Crippen molar-refractivity contribution in [3.05, 3.63) is 95.7 Å². The van der Waals surface area contributed by atoms with E-state index in [1.54, 1.807) is 25.1 Å². The van der Waals surface area contributed by atoms with E-state index >= 15 is 0 Å². The van der Waals surface area contributed by atoms with Gasteiger partial charge in [0.1, 0.15) is 5.58 Å². The van der Waals surface area contributed by atoms with Crippen molar-refractivity contribution in [2.24, 2.45) is 0 Å². The van der Waals surface area contributed by atoms with Gasteiger partial charge in [0.15, 0.2) is 11.5 Å². The Labute approximate surface area is 209 Å². The van der Waals surface area contributed by atoms with Gasteiger partial charge in [-0.3, -0.25) is 14.4 Å². The van der Waals surface area contributed by atoms with E-state index in [1.165, 1.54) is 0 Å². The monoisotopic (exact) mass is 481 g/mol. The number of Topliss-reactive ketones (excluding diaryl/α,β-unsaturated/α-hetero) is 1. The number of para-hydroxylation sites is 1. The third kappa shape index (κ3) is 5.15. The fraction of sp³-hybridized carbons (Fsp3) is 0.207. The molecule has 1 aromatic heterocycles. The van der Waals surface area contributed by atoms with E-state index in [-0.39, 0.29) is 23.4 Å². The first-order valence-electron chi connectivity index (χ1n) is 12.0. The Balaban J connectivity index is 1.13. The number of amides is 2. The number of carbonyl (C=O) groups is 3. The van der Waals surface area contributed by atoms with Crippen molar-refractivity contribution in [3.63, 3.8) is 0 Å². The molecule has 2 heterocycles. The molecule has 2 amide bonds. The van der Waals surface area contributed by atoms with E-state index in [1.807, 2.05) is 65.6 Å². The summed E-state index contributed by atoms with van der Waals surface area (Å²) in [6.07, 6.45) is 0.311. The molecule has 0 spiro atoms. The van der Waals surface area contributed by atoms with Crippen LogP contribution >= 0.6 is 0 Å². The SMILES string of the molecule is CC(=O)c1ccc(N2CCN(C(=O)Cc3ccc(NC(=O)c4cc5ccccc5o4)cc3)CC2)cc1. The summed E-state index contributed by atoms with van der Waals surface area (Å²) >= 11 is 0. The van der Waals surface area contributed by atoms with Crippen molar-refractivity contribution < 1.29 is 18.8 Å². The van der Waals surface area contributed by atoms with Crippen LogP contribution in [-0.2, 0) is 11.2 Å². The van der Waals surface area contributed by atoms with Crippen LogP contribution in [-0.4, -0.2) is 48.7 Å². The molecule has 7 heteroatoms. The summed E-state index contributed by atoms with van der Waals surface area (Å²) in [4.78, 5) is 41.0. The van der Waals surface area contributed by atoms with E-state index < -0.39 is 0 Å². The van der Waals surface area contributed by atoms with Crippen LogP contribution in [0.4, 0.5) is 11.4 Å². The number of anilines is 2. The van der Waals surface area contributed by atoms with Gasteiger partial charge in [-0.1, -0.05) is 30.3 Å². The fourth-order valence-corrected chi connectivity index (χ4v) is 4.40. The molecule has 0 radical (unpaired) electrons. The molecule has 0 unspecified atom stereocenters. The summed E-state index contributed by atoms with van der Waals surface area (Å²) < 4.78 is 5.62. The first-order chi connectivity index (χ1) is 17.5. The largest absolute Gasteiger partial charge is 0.451 e. The molecule has 1 aliphatic heterocycles. The summed E-state index contributed by atoms with van der Waals surface area (Å²) in [7, 11) is 0. The zero-order chi connectivity index (χ0) is 25.1. The Morgan fingerprint density at radius 1 is 0.861 bits per heavy atom. The first kappa shape index (κ1) is 23.4. The van der Waals surface area contributed by atoms with E-state index in [2.05, 4.69) is 10.2 Å². The van der Waals surface area contributed by atoms with Crippen LogP contribution in [0.3, 0.4) is 0 Å². The zero-order valence-electron chi connectivity index (χ0n) is 20.1. The van der Waals surface area contributed by atoms with Crippen molar-refractivity contribution in [1.82, 2.24) is 4.90 Å². The number of benzene rings is 3. The molecule has 1 fully saturated rings. The molecule has 0 aliphatic carbocycles. The van der Waals surface area contributed by atoms with Gasteiger partial charge in [-0.15, -0.1) is 0 Å². The molecule has 1 aliphatic rings. The van der Waals surface area contributed by atoms with E-state index in [0.29, 0.717) is 36.3 Å². The average molecular weight is 482 g/mol. The number of hydrogen-bond donors (Lipinski definition) is 1. The van der Waals surface area contributed by atoms with Gasteiger partial charge >= 0.3 is 0 Å². The average Bonchev–Trinajstić information content (AvgIpc) is 3.35. The predicted octanol–water partition coefficient (Wildman–Crippen LogP) is 4.78. The standard InChI is InChI=1S/C29H27N3O4/c1-20(33)22-8-12-25(13-9-22)31-14-16-32(17-15-31)28(34)18-21-6-10-24(11-7-21)30-29(35)27-19-23-4-2-3-5-26(23)36-27/h2-13,19H,14-18H2,1H3,(H,30,35).